The van der Waals surface area contributed by atoms with Crippen LogP contribution in [-0.2, 0) is 4.74 Å². The third kappa shape index (κ3) is 4.14. The lowest BCUT2D eigenvalue weighted by atomic mass is 9.91. The first kappa shape index (κ1) is 16.9. The minimum atomic E-state index is 0.398. The Bertz CT molecular complexity index is 468. The molecule has 3 nitrogen and oxygen atoms in total. The van der Waals surface area contributed by atoms with E-state index in [1.165, 1.54) is 31.5 Å². The molecule has 0 spiro atoms. The molecule has 2 saturated heterocycles. The zero-order valence-electron chi connectivity index (χ0n) is 14.9. The molecule has 0 N–H and O–H groups in total. The fourth-order valence-electron chi connectivity index (χ4n) is 4.37. The monoisotopic (exact) mass is 316 g/mol. The van der Waals surface area contributed by atoms with Crippen molar-refractivity contribution in [2.45, 2.75) is 51.8 Å². The minimum absolute atomic E-state index is 0.398. The molecule has 0 amide bonds. The second kappa shape index (κ2) is 7.78. The van der Waals surface area contributed by atoms with Gasteiger partial charge in [0.15, 0.2) is 0 Å². The Hall–Kier alpha value is -0.900. The van der Waals surface area contributed by atoms with Gasteiger partial charge in [-0.05, 0) is 31.2 Å². The number of hydrogen-bond acceptors (Lipinski definition) is 3. The Kier molecular flexibility index (Phi) is 5.73. The average Bonchev–Trinajstić information content (AvgIpc) is 2.56. The van der Waals surface area contributed by atoms with E-state index in [4.69, 9.17) is 4.74 Å². The van der Waals surface area contributed by atoms with Crippen molar-refractivity contribution in [3.63, 3.8) is 0 Å². The van der Waals surface area contributed by atoms with Gasteiger partial charge in [0.1, 0.15) is 0 Å². The molecular weight excluding hydrogens is 284 g/mol. The largest absolute Gasteiger partial charge is 0.376 e. The third-order valence-electron chi connectivity index (χ3n) is 5.45. The van der Waals surface area contributed by atoms with Crippen LogP contribution in [0, 0.1) is 5.92 Å². The van der Waals surface area contributed by atoms with E-state index in [1.54, 1.807) is 0 Å². The summed E-state index contributed by atoms with van der Waals surface area (Å²) < 4.78 is 5.70. The van der Waals surface area contributed by atoms with Crippen molar-refractivity contribution < 1.29 is 4.74 Å². The molecule has 2 heterocycles. The van der Waals surface area contributed by atoms with Gasteiger partial charge in [0.05, 0.1) is 12.7 Å². The van der Waals surface area contributed by atoms with E-state index < -0.39 is 0 Å². The standard InChI is InChI=1S/C20H32N2O/c1-16(2)20(18-7-5-4-6-8-18)21-11-9-19(10-12-21)22-13-14-23-17(3)15-22/h4-8,16-17,19-20H,9-15H2,1-3H3/t17-,20+/m0/s1. The molecule has 1 aromatic carbocycles. The summed E-state index contributed by atoms with van der Waals surface area (Å²) in [5, 5.41) is 0. The molecule has 1 aromatic rings. The summed E-state index contributed by atoms with van der Waals surface area (Å²) in [6, 6.07) is 12.4. The van der Waals surface area contributed by atoms with Gasteiger partial charge in [-0.2, -0.15) is 0 Å². The van der Waals surface area contributed by atoms with Crippen LogP contribution in [0.3, 0.4) is 0 Å². The van der Waals surface area contributed by atoms with Crippen molar-refractivity contribution in [3.8, 4) is 0 Å². The normalized spacial score (nSPS) is 26.5. The Balaban J connectivity index is 1.60. The zero-order valence-corrected chi connectivity index (χ0v) is 14.9. The first-order valence-corrected chi connectivity index (χ1v) is 9.30. The molecule has 3 heteroatoms. The van der Waals surface area contributed by atoms with Gasteiger partial charge in [-0.25, -0.2) is 0 Å². The van der Waals surface area contributed by atoms with E-state index in [0.29, 0.717) is 18.1 Å². The van der Waals surface area contributed by atoms with E-state index in [0.717, 1.165) is 25.7 Å². The van der Waals surface area contributed by atoms with Crippen LogP contribution >= 0.6 is 0 Å². The van der Waals surface area contributed by atoms with Gasteiger partial charge in [0, 0.05) is 38.3 Å². The molecule has 2 aliphatic heterocycles. The summed E-state index contributed by atoms with van der Waals surface area (Å²) in [6.45, 7) is 12.5. The van der Waals surface area contributed by atoms with Gasteiger partial charge in [0.2, 0.25) is 0 Å². The van der Waals surface area contributed by atoms with Crippen molar-refractivity contribution in [2.24, 2.45) is 5.92 Å². The molecule has 2 aliphatic rings. The summed E-state index contributed by atoms with van der Waals surface area (Å²) in [4.78, 5) is 5.37. The van der Waals surface area contributed by atoms with Crippen molar-refractivity contribution >= 4 is 0 Å². The number of hydrogen-bond donors (Lipinski definition) is 0. The number of morpholine rings is 1. The van der Waals surface area contributed by atoms with E-state index >= 15 is 0 Å². The number of rotatable bonds is 4. The Morgan fingerprint density at radius 2 is 1.74 bits per heavy atom. The average molecular weight is 316 g/mol. The van der Waals surface area contributed by atoms with E-state index in [9.17, 15) is 0 Å². The van der Waals surface area contributed by atoms with Gasteiger partial charge in [-0.3, -0.25) is 9.80 Å². The number of piperidine rings is 1. The Labute approximate surface area is 141 Å². The van der Waals surface area contributed by atoms with Gasteiger partial charge in [-0.15, -0.1) is 0 Å². The van der Waals surface area contributed by atoms with Crippen LogP contribution in [0.25, 0.3) is 0 Å². The van der Waals surface area contributed by atoms with E-state index in [-0.39, 0.29) is 0 Å². The number of benzene rings is 1. The van der Waals surface area contributed by atoms with Gasteiger partial charge in [-0.1, -0.05) is 44.2 Å². The molecule has 3 rings (SSSR count). The lowest BCUT2D eigenvalue weighted by molar-refractivity contribution is -0.0466. The molecular formula is C20H32N2O. The molecule has 23 heavy (non-hydrogen) atoms. The van der Waals surface area contributed by atoms with Gasteiger partial charge in [0.25, 0.3) is 0 Å². The van der Waals surface area contributed by atoms with Crippen LogP contribution in [0.4, 0.5) is 0 Å². The van der Waals surface area contributed by atoms with Crippen LogP contribution < -0.4 is 0 Å². The lowest BCUT2D eigenvalue weighted by Gasteiger charge is -2.44. The molecule has 128 valence electrons. The smallest absolute Gasteiger partial charge is 0.0674 e. The van der Waals surface area contributed by atoms with Crippen LogP contribution in [-0.4, -0.2) is 54.7 Å². The second-order valence-corrected chi connectivity index (χ2v) is 7.54. The Morgan fingerprint density at radius 3 is 2.35 bits per heavy atom. The molecule has 0 bridgehead atoms. The summed E-state index contributed by atoms with van der Waals surface area (Å²) in [6.07, 6.45) is 2.99. The van der Waals surface area contributed by atoms with Crippen LogP contribution in [0.1, 0.15) is 45.2 Å². The van der Waals surface area contributed by atoms with Crippen molar-refractivity contribution in [3.05, 3.63) is 35.9 Å². The molecule has 2 atom stereocenters. The number of likely N-dealkylation sites (tertiary alicyclic amines) is 1. The topological polar surface area (TPSA) is 15.7 Å². The molecule has 0 saturated carbocycles. The molecule has 0 aromatic heterocycles. The Morgan fingerprint density at radius 1 is 1.04 bits per heavy atom. The maximum Gasteiger partial charge on any atom is 0.0674 e. The number of nitrogens with zero attached hydrogens (tertiary/aromatic N) is 2. The predicted octanol–water partition coefficient (Wildman–Crippen LogP) is 3.57. The highest BCUT2D eigenvalue weighted by atomic mass is 16.5. The van der Waals surface area contributed by atoms with Gasteiger partial charge < -0.3 is 4.74 Å². The lowest BCUT2D eigenvalue weighted by Crippen LogP contribution is -2.51. The number of ether oxygens (including phenoxy) is 1. The van der Waals surface area contributed by atoms with Gasteiger partial charge >= 0.3 is 0 Å². The maximum absolute atomic E-state index is 5.70. The van der Waals surface area contributed by atoms with E-state index in [1.807, 2.05) is 0 Å². The fourth-order valence-corrected chi connectivity index (χ4v) is 4.37. The maximum atomic E-state index is 5.70. The van der Waals surface area contributed by atoms with Crippen LogP contribution in [0.2, 0.25) is 0 Å². The first-order valence-electron chi connectivity index (χ1n) is 9.30. The van der Waals surface area contributed by atoms with Crippen molar-refractivity contribution in [1.29, 1.82) is 0 Å². The highest BCUT2D eigenvalue weighted by Crippen LogP contribution is 2.32. The van der Waals surface area contributed by atoms with Crippen LogP contribution in [0.5, 0.6) is 0 Å². The fraction of sp³-hybridized carbons (Fsp3) is 0.700. The highest BCUT2D eigenvalue weighted by molar-refractivity contribution is 5.19. The van der Waals surface area contributed by atoms with E-state index in [2.05, 4.69) is 60.9 Å². The first-order chi connectivity index (χ1) is 11.1. The van der Waals surface area contributed by atoms with Crippen molar-refractivity contribution in [1.82, 2.24) is 9.80 Å². The molecule has 0 radical (unpaired) electrons. The summed E-state index contributed by atoms with van der Waals surface area (Å²) in [7, 11) is 0. The summed E-state index contributed by atoms with van der Waals surface area (Å²) >= 11 is 0. The quantitative estimate of drug-likeness (QED) is 0.844. The second-order valence-electron chi connectivity index (χ2n) is 7.54. The van der Waals surface area contributed by atoms with Crippen molar-refractivity contribution in [2.75, 3.05) is 32.8 Å². The van der Waals surface area contributed by atoms with Crippen LogP contribution in [0.15, 0.2) is 30.3 Å². The third-order valence-corrected chi connectivity index (χ3v) is 5.45. The molecule has 0 aliphatic carbocycles. The minimum Gasteiger partial charge on any atom is -0.376 e. The summed E-state index contributed by atoms with van der Waals surface area (Å²) in [5.74, 6) is 0.650. The highest BCUT2D eigenvalue weighted by Gasteiger charge is 2.31. The molecule has 0 unspecified atom stereocenters. The SMILES string of the molecule is CC(C)[C@H](c1ccccc1)N1CCC(N2CCO[C@@H](C)C2)CC1. The summed E-state index contributed by atoms with van der Waals surface area (Å²) in [5.41, 5.74) is 1.47. The zero-order chi connectivity index (χ0) is 16.2. The predicted molar refractivity (Wildman–Crippen MR) is 95.6 cm³/mol. The molecule has 2 fully saturated rings.